The Kier molecular flexibility index (Phi) is 6.60. The van der Waals surface area contributed by atoms with E-state index in [1.165, 1.54) is 6.07 Å². The summed E-state index contributed by atoms with van der Waals surface area (Å²) in [5.74, 6) is 5.88. The highest BCUT2D eigenvalue weighted by molar-refractivity contribution is 6.35. The topological polar surface area (TPSA) is 74.0 Å². The maximum absolute atomic E-state index is 13.5. The fourth-order valence-corrected chi connectivity index (χ4v) is 3.81. The third-order valence-electron chi connectivity index (χ3n) is 4.66. The van der Waals surface area contributed by atoms with Crippen molar-refractivity contribution in [2.45, 2.75) is 31.9 Å². The van der Waals surface area contributed by atoms with Crippen LogP contribution in [0.4, 0.5) is 18.9 Å². The van der Waals surface area contributed by atoms with E-state index in [9.17, 15) is 18.0 Å². The fraction of sp³-hybridized carbons (Fsp3) is 0.444. The number of rotatable bonds is 5. The van der Waals surface area contributed by atoms with E-state index in [4.69, 9.17) is 29.0 Å². The molecule has 29 heavy (non-hydrogen) atoms. The number of nitrogens with two attached hydrogens (primary N) is 1. The number of guanidine groups is 1. The molecule has 0 unspecified atom stereocenters. The first kappa shape index (κ1) is 21.7. The van der Waals surface area contributed by atoms with Crippen LogP contribution in [-0.4, -0.2) is 47.6 Å². The molecular weight excluding hydrogens is 430 g/mol. The molecule has 158 valence electrons. The highest BCUT2D eigenvalue weighted by Crippen LogP contribution is 2.33. The number of anilines is 1. The minimum Gasteiger partial charge on any atom is -0.343 e. The van der Waals surface area contributed by atoms with E-state index in [2.05, 4.69) is 10.3 Å². The molecule has 1 fully saturated rings. The zero-order valence-corrected chi connectivity index (χ0v) is 16.9. The van der Waals surface area contributed by atoms with Crippen molar-refractivity contribution in [3.05, 3.63) is 39.5 Å². The van der Waals surface area contributed by atoms with E-state index in [-0.39, 0.29) is 24.0 Å². The number of nitrogens with zero attached hydrogens (tertiary/aromatic N) is 3. The molecule has 2 aliphatic rings. The number of likely N-dealkylation sites (tertiary alicyclic amines) is 1. The summed E-state index contributed by atoms with van der Waals surface area (Å²) in [7, 11) is 0. The summed E-state index contributed by atoms with van der Waals surface area (Å²) in [6, 6.07) is 4.65. The van der Waals surface area contributed by atoms with Crippen LogP contribution in [0.5, 0.6) is 0 Å². The first-order chi connectivity index (χ1) is 13.6. The lowest BCUT2D eigenvalue weighted by Crippen LogP contribution is -2.47. The van der Waals surface area contributed by atoms with Crippen LogP contribution in [0.25, 0.3) is 0 Å². The Morgan fingerprint density at radius 1 is 1.21 bits per heavy atom. The summed E-state index contributed by atoms with van der Waals surface area (Å²) in [4.78, 5) is 17.5. The van der Waals surface area contributed by atoms with Gasteiger partial charge in [-0.05, 0) is 37.5 Å². The Morgan fingerprint density at radius 2 is 1.90 bits per heavy atom. The van der Waals surface area contributed by atoms with Gasteiger partial charge in [-0.3, -0.25) is 9.80 Å². The molecule has 1 amide bonds. The van der Waals surface area contributed by atoms with E-state index in [0.717, 1.165) is 11.4 Å². The minimum atomic E-state index is -4.55. The van der Waals surface area contributed by atoms with Gasteiger partial charge in [-0.2, -0.15) is 13.2 Å². The van der Waals surface area contributed by atoms with Gasteiger partial charge in [-0.1, -0.05) is 23.2 Å². The molecule has 0 aliphatic carbocycles. The SMILES string of the molecule is NN1CC(C(F)(F)F)=C(CCCN2CCCC2=O)N=C1Nc1cc(Cl)cc(Cl)c1. The molecule has 0 saturated carbocycles. The lowest BCUT2D eigenvalue weighted by atomic mass is 10.1. The molecule has 0 radical (unpaired) electrons. The van der Waals surface area contributed by atoms with Gasteiger partial charge >= 0.3 is 6.18 Å². The number of benzene rings is 1. The van der Waals surface area contributed by atoms with Crippen molar-refractivity contribution in [2.75, 3.05) is 25.0 Å². The maximum Gasteiger partial charge on any atom is 0.416 e. The van der Waals surface area contributed by atoms with E-state index in [1.54, 1.807) is 17.0 Å². The van der Waals surface area contributed by atoms with E-state index < -0.39 is 18.3 Å². The molecule has 1 saturated heterocycles. The summed E-state index contributed by atoms with van der Waals surface area (Å²) in [5.41, 5.74) is -0.432. The number of hydrazine groups is 1. The Bertz CT molecular complexity index is 836. The number of amides is 1. The molecule has 0 atom stereocenters. The number of allylic oxidation sites excluding steroid dienone is 1. The second-order valence-corrected chi connectivity index (χ2v) is 7.73. The molecule has 1 aromatic carbocycles. The summed E-state index contributed by atoms with van der Waals surface area (Å²) >= 11 is 11.9. The third-order valence-corrected chi connectivity index (χ3v) is 5.10. The molecule has 2 heterocycles. The molecule has 1 aromatic rings. The molecule has 11 heteroatoms. The van der Waals surface area contributed by atoms with Crippen LogP contribution in [0.1, 0.15) is 25.7 Å². The lowest BCUT2D eigenvalue weighted by molar-refractivity contribution is -0.127. The van der Waals surface area contributed by atoms with Crippen molar-refractivity contribution in [3.8, 4) is 0 Å². The Labute approximate surface area is 176 Å². The molecule has 0 bridgehead atoms. The third kappa shape index (κ3) is 5.55. The van der Waals surface area contributed by atoms with Crippen molar-refractivity contribution in [3.63, 3.8) is 0 Å². The molecule has 3 rings (SSSR count). The van der Waals surface area contributed by atoms with E-state index in [1.807, 2.05) is 0 Å². The quantitative estimate of drug-likeness (QED) is 0.661. The van der Waals surface area contributed by atoms with E-state index in [0.29, 0.717) is 41.7 Å². The van der Waals surface area contributed by atoms with Gasteiger partial charge in [0, 0.05) is 35.2 Å². The monoisotopic (exact) mass is 449 g/mol. The predicted octanol–water partition coefficient (Wildman–Crippen LogP) is 4.17. The van der Waals surface area contributed by atoms with Gasteiger partial charge in [-0.25, -0.2) is 10.8 Å². The number of halogens is 5. The van der Waals surface area contributed by atoms with Crippen LogP contribution in [0, 0.1) is 0 Å². The molecule has 0 spiro atoms. The smallest absolute Gasteiger partial charge is 0.343 e. The summed E-state index contributed by atoms with van der Waals surface area (Å²) in [6.45, 7) is 0.510. The fourth-order valence-electron chi connectivity index (χ4n) is 3.29. The minimum absolute atomic E-state index is 0.0375. The second kappa shape index (κ2) is 8.81. The Balaban J connectivity index is 1.79. The van der Waals surface area contributed by atoms with Crippen molar-refractivity contribution >= 4 is 40.8 Å². The molecular formula is C18H20Cl2F3N5O. The van der Waals surface area contributed by atoms with Crippen LogP contribution in [0.3, 0.4) is 0 Å². The maximum atomic E-state index is 13.5. The number of hydrogen-bond acceptors (Lipinski definition) is 5. The molecule has 0 aromatic heterocycles. The lowest BCUT2D eigenvalue weighted by Gasteiger charge is -2.29. The zero-order valence-electron chi connectivity index (χ0n) is 15.4. The largest absolute Gasteiger partial charge is 0.416 e. The van der Waals surface area contributed by atoms with Crippen LogP contribution >= 0.6 is 23.2 Å². The highest BCUT2D eigenvalue weighted by Gasteiger charge is 2.39. The van der Waals surface area contributed by atoms with Gasteiger partial charge in [0.2, 0.25) is 11.9 Å². The van der Waals surface area contributed by atoms with Crippen LogP contribution < -0.4 is 11.2 Å². The van der Waals surface area contributed by atoms with Crippen LogP contribution in [-0.2, 0) is 4.79 Å². The predicted molar refractivity (Wildman–Crippen MR) is 107 cm³/mol. The normalized spacial score (nSPS) is 17.9. The molecule has 3 N–H and O–H groups in total. The standard InChI is InChI=1S/C18H20Cl2F3N5O/c19-11-7-12(20)9-13(8-11)25-17-26-15(14(10-28(17)24)18(21,22)23)3-1-5-27-6-2-4-16(27)29/h7-9H,1-6,10,24H2,(H,25,26). The van der Waals surface area contributed by atoms with Gasteiger partial charge < -0.3 is 10.2 Å². The number of aliphatic imine (C=N–C) groups is 1. The Hall–Kier alpha value is -1.97. The van der Waals surface area contributed by atoms with Crippen LogP contribution in [0.2, 0.25) is 10.0 Å². The summed E-state index contributed by atoms with van der Waals surface area (Å²) in [5, 5.41) is 4.49. The summed E-state index contributed by atoms with van der Waals surface area (Å²) < 4.78 is 40.5. The molecule has 6 nitrogen and oxygen atoms in total. The average molecular weight is 450 g/mol. The number of nitrogens with one attached hydrogen (secondary N) is 1. The Morgan fingerprint density at radius 3 is 2.48 bits per heavy atom. The van der Waals surface area contributed by atoms with Gasteiger partial charge in [0.15, 0.2) is 0 Å². The van der Waals surface area contributed by atoms with E-state index >= 15 is 0 Å². The second-order valence-electron chi connectivity index (χ2n) is 6.86. The van der Waals surface area contributed by atoms with Gasteiger partial charge in [-0.15, -0.1) is 0 Å². The summed E-state index contributed by atoms with van der Waals surface area (Å²) in [6.07, 6.45) is -2.82. The number of carbonyl (C=O) groups excluding carboxylic acids is 1. The van der Waals surface area contributed by atoms with Gasteiger partial charge in [0.1, 0.15) is 0 Å². The molecule has 2 aliphatic heterocycles. The van der Waals surface area contributed by atoms with Crippen molar-refractivity contribution in [1.29, 1.82) is 0 Å². The number of carbonyl (C=O) groups is 1. The van der Waals surface area contributed by atoms with Crippen LogP contribution in [0.15, 0.2) is 34.5 Å². The van der Waals surface area contributed by atoms with Crippen molar-refractivity contribution in [2.24, 2.45) is 10.8 Å². The highest BCUT2D eigenvalue weighted by atomic mass is 35.5. The first-order valence-electron chi connectivity index (χ1n) is 9.04. The van der Waals surface area contributed by atoms with Crippen molar-refractivity contribution < 1.29 is 18.0 Å². The van der Waals surface area contributed by atoms with Crippen molar-refractivity contribution in [1.82, 2.24) is 9.91 Å². The number of hydrogen-bond donors (Lipinski definition) is 2. The average Bonchev–Trinajstić information content (AvgIpc) is 3.00. The van der Waals surface area contributed by atoms with Gasteiger partial charge in [0.05, 0.1) is 17.8 Å². The zero-order chi connectivity index (χ0) is 21.2. The number of alkyl halides is 3. The first-order valence-corrected chi connectivity index (χ1v) is 9.80. The van der Waals surface area contributed by atoms with Gasteiger partial charge in [0.25, 0.3) is 0 Å².